The van der Waals surface area contributed by atoms with E-state index in [0.29, 0.717) is 5.69 Å². The van der Waals surface area contributed by atoms with Crippen molar-refractivity contribution in [1.29, 1.82) is 0 Å². The molecule has 1 aliphatic carbocycles. The Morgan fingerprint density at radius 1 is 1.30 bits per heavy atom. The Balaban J connectivity index is 1.69. The van der Waals surface area contributed by atoms with Crippen LogP contribution in [-0.4, -0.2) is 24.0 Å². The molecule has 7 heteroatoms. The zero-order valence-electron chi connectivity index (χ0n) is 15.4. The number of carbonyl (C=O) groups is 1. The minimum atomic E-state index is -0.501. The molecule has 0 fully saturated rings. The fourth-order valence-corrected chi connectivity index (χ4v) is 3.44. The zero-order valence-corrected chi connectivity index (χ0v) is 15.4. The smallest absolute Gasteiger partial charge is 0.273 e. The lowest BCUT2D eigenvalue weighted by Crippen LogP contribution is -2.41. The van der Waals surface area contributed by atoms with Gasteiger partial charge in [0, 0.05) is 12.1 Å². The van der Waals surface area contributed by atoms with E-state index >= 15 is 0 Å². The van der Waals surface area contributed by atoms with Crippen LogP contribution in [0.15, 0.2) is 42.5 Å². The molecule has 1 amide bonds. The summed E-state index contributed by atoms with van der Waals surface area (Å²) in [5.41, 5.74) is 2.89. The second-order valence-electron chi connectivity index (χ2n) is 6.66. The normalized spacial score (nSPS) is 16.9. The number of nitro benzene ring substituents is 1. The van der Waals surface area contributed by atoms with E-state index in [1.165, 1.54) is 36.4 Å². The minimum Gasteiger partial charge on any atom is -0.494 e. The average Bonchev–Trinajstić information content (AvgIpc) is 2.68. The molecule has 2 N–H and O–H groups in total. The van der Waals surface area contributed by atoms with E-state index in [1.54, 1.807) is 0 Å². The lowest BCUT2D eigenvalue weighted by molar-refractivity contribution is -0.384. The molecule has 2 aromatic rings. The summed E-state index contributed by atoms with van der Waals surface area (Å²) < 4.78 is 5.17. The second kappa shape index (κ2) is 8.18. The number of nitrogens with one attached hydrogen (secondary N) is 2. The number of hydrogen-bond donors (Lipinski definition) is 2. The van der Waals surface area contributed by atoms with Gasteiger partial charge in [0.25, 0.3) is 5.69 Å². The van der Waals surface area contributed by atoms with Crippen LogP contribution in [0.2, 0.25) is 0 Å². The Labute approximate surface area is 157 Å². The average molecular weight is 369 g/mol. The fraction of sp³-hybridized carbons (Fsp3) is 0.350. The Morgan fingerprint density at radius 2 is 2.07 bits per heavy atom. The summed E-state index contributed by atoms with van der Waals surface area (Å²) >= 11 is 0. The number of methoxy groups -OCH3 is 1. The Morgan fingerprint density at radius 3 is 2.81 bits per heavy atom. The van der Waals surface area contributed by atoms with Gasteiger partial charge in [0.2, 0.25) is 5.91 Å². The maximum Gasteiger partial charge on any atom is 0.273 e. The molecule has 0 heterocycles. The number of carbonyl (C=O) groups excluding carboxylic acids is 1. The van der Waals surface area contributed by atoms with Gasteiger partial charge in [0.15, 0.2) is 0 Å². The van der Waals surface area contributed by atoms with Crippen molar-refractivity contribution in [3.8, 4) is 5.75 Å². The third kappa shape index (κ3) is 4.25. The molecule has 1 aliphatic rings. The van der Waals surface area contributed by atoms with E-state index in [0.717, 1.165) is 19.3 Å². The molecule has 0 aromatic heterocycles. The molecule has 142 valence electrons. The van der Waals surface area contributed by atoms with Crippen molar-refractivity contribution >= 4 is 17.3 Å². The molecule has 0 saturated heterocycles. The van der Waals surface area contributed by atoms with Gasteiger partial charge in [-0.3, -0.25) is 20.2 Å². The first-order chi connectivity index (χ1) is 13.0. The Hall–Kier alpha value is -2.93. The molecule has 2 atom stereocenters. The molecule has 0 bridgehead atoms. The fourth-order valence-electron chi connectivity index (χ4n) is 3.44. The first-order valence-corrected chi connectivity index (χ1v) is 8.96. The van der Waals surface area contributed by atoms with Gasteiger partial charge in [-0.1, -0.05) is 24.3 Å². The Kier molecular flexibility index (Phi) is 5.71. The Bertz CT molecular complexity index is 853. The molecule has 0 radical (unpaired) electrons. The van der Waals surface area contributed by atoms with Gasteiger partial charge >= 0.3 is 0 Å². The monoisotopic (exact) mass is 369 g/mol. The number of amides is 1. The minimum absolute atomic E-state index is 0.0881. The molecule has 7 nitrogen and oxygen atoms in total. The van der Waals surface area contributed by atoms with Crippen molar-refractivity contribution in [3.63, 3.8) is 0 Å². The van der Waals surface area contributed by atoms with Crippen LogP contribution in [0.25, 0.3) is 0 Å². The van der Waals surface area contributed by atoms with Crippen LogP contribution < -0.4 is 15.4 Å². The molecule has 2 aromatic carbocycles. The SMILES string of the molecule is COc1cc([N+](=O)[O-])ccc1NC(=O)[C@H](C)N[C@H]1CCCc2ccccc21. The van der Waals surface area contributed by atoms with E-state index < -0.39 is 11.0 Å². The van der Waals surface area contributed by atoms with Crippen molar-refractivity contribution in [2.24, 2.45) is 0 Å². The number of ether oxygens (including phenoxy) is 1. The summed E-state index contributed by atoms with van der Waals surface area (Å²) in [6, 6.07) is 12.1. The lowest BCUT2D eigenvalue weighted by Gasteiger charge is -2.29. The van der Waals surface area contributed by atoms with E-state index in [4.69, 9.17) is 4.74 Å². The van der Waals surface area contributed by atoms with Crippen LogP contribution in [0.4, 0.5) is 11.4 Å². The highest BCUT2D eigenvalue weighted by molar-refractivity contribution is 5.96. The van der Waals surface area contributed by atoms with Crippen molar-refractivity contribution in [3.05, 3.63) is 63.7 Å². The summed E-state index contributed by atoms with van der Waals surface area (Å²) in [4.78, 5) is 23.0. The standard InChI is InChI=1S/C20H23N3O4/c1-13(21-17-9-5-7-14-6-3-4-8-16(14)17)20(24)22-18-11-10-15(23(25)26)12-19(18)27-2/h3-4,6,8,10-13,17,21H,5,7,9H2,1-2H3,(H,22,24)/t13-,17-/m0/s1. The predicted molar refractivity (Wildman–Crippen MR) is 103 cm³/mol. The van der Waals surface area contributed by atoms with Gasteiger partial charge in [0.05, 0.1) is 29.8 Å². The molecule has 0 saturated carbocycles. The van der Waals surface area contributed by atoms with E-state index in [1.807, 2.05) is 19.1 Å². The number of nitrogens with zero attached hydrogens (tertiary/aromatic N) is 1. The highest BCUT2D eigenvalue weighted by Gasteiger charge is 2.24. The van der Waals surface area contributed by atoms with Gasteiger partial charge < -0.3 is 10.1 Å². The summed E-state index contributed by atoms with van der Waals surface area (Å²) in [6.07, 6.45) is 3.13. The third-order valence-electron chi connectivity index (χ3n) is 4.87. The number of fused-ring (bicyclic) bond motifs is 1. The van der Waals surface area contributed by atoms with Gasteiger partial charge in [-0.05, 0) is 43.4 Å². The topological polar surface area (TPSA) is 93.5 Å². The van der Waals surface area contributed by atoms with Crippen LogP contribution in [0, 0.1) is 10.1 Å². The van der Waals surface area contributed by atoms with E-state index in [2.05, 4.69) is 22.8 Å². The number of nitro groups is 1. The first-order valence-electron chi connectivity index (χ1n) is 8.96. The second-order valence-corrected chi connectivity index (χ2v) is 6.66. The van der Waals surface area contributed by atoms with Crippen LogP contribution in [0.3, 0.4) is 0 Å². The number of non-ortho nitro benzene ring substituents is 1. The predicted octanol–water partition coefficient (Wildman–Crippen LogP) is 3.60. The summed E-state index contributed by atoms with van der Waals surface area (Å²) in [5.74, 6) is 0.0398. The van der Waals surface area contributed by atoms with Crippen LogP contribution in [0.1, 0.15) is 36.9 Å². The maximum absolute atomic E-state index is 12.6. The maximum atomic E-state index is 12.6. The van der Waals surface area contributed by atoms with Crippen LogP contribution in [-0.2, 0) is 11.2 Å². The number of aryl methyl sites for hydroxylation is 1. The molecule has 0 unspecified atom stereocenters. The zero-order chi connectivity index (χ0) is 19.4. The van der Waals surface area contributed by atoms with Gasteiger partial charge in [-0.15, -0.1) is 0 Å². The molecule has 3 rings (SSSR count). The van der Waals surface area contributed by atoms with E-state index in [9.17, 15) is 14.9 Å². The summed E-state index contributed by atoms with van der Waals surface area (Å²) in [6.45, 7) is 1.81. The van der Waals surface area contributed by atoms with Crippen molar-refractivity contribution < 1.29 is 14.5 Å². The van der Waals surface area contributed by atoms with Crippen LogP contribution in [0.5, 0.6) is 5.75 Å². The number of benzene rings is 2. The van der Waals surface area contributed by atoms with Crippen molar-refractivity contribution in [2.45, 2.75) is 38.3 Å². The largest absolute Gasteiger partial charge is 0.494 e. The lowest BCUT2D eigenvalue weighted by atomic mass is 9.87. The summed E-state index contributed by atoms with van der Waals surface area (Å²) in [7, 11) is 1.41. The molecule has 27 heavy (non-hydrogen) atoms. The van der Waals surface area contributed by atoms with Crippen molar-refractivity contribution in [1.82, 2.24) is 5.32 Å². The number of hydrogen-bond acceptors (Lipinski definition) is 5. The third-order valence-corrected chi connectivity index (χ3v) is 4.87. The van der Waals surface area contributed by atoms with Crippen LogP contribution >= 0.6 is 0 Å². The first kappa shape index (κ1) is 18.8. The van der Waals surface area contributed by atoms with Gasteiger partial charge in [-0.25, -0.2) is 0 Å². The highest BCUT2D eigenvalue weighted by atomic mass is 16.6. The van der Waals surface area contributed by atoms with Crippen molar-refractivity contribution in [2.75, 3.05) is 12.4 Å². The number of rotatable bonds is 6. The quantitative estimate of drug-likeness (QED) is 0.599. The summed E-state index contributed by atoms with van der Waals surface area (Å²) in [5, 5.41) is 17.1. The highest BCUT2D eigenvalue weighted by Crippen LogP contribution is 2.31. The van der Waals surface area contributed by atoms with Gasteiger partial charge in [0.1, 0.15) is 5.75 Å². The molecular formula is C20H23N3O4. The molecule has 0 spiro atoms. The molecular weight excluding hydrogens is 346 g/mol. The van der Waals surface area contributed by atoms with Gasteiger partial charge in [-0.2, -0.15) is 0 Å². The number of anilines is 1. The van der Waals surface area contributed by atoms with E-state index in [-0.39, 0.29) is 23.4 Å². The molecule has 0 aliphatic heterocycles.